The smallest absolute Gasteiger partial charge is 0.194 e. The van der Waals surface area contributed by atoms with Crippen molar-refractivity contribution in [2.75, 3.05) is 0 Å². The monoisotopic (exact) mass is 384 g/mol. The lowest BCUT2D eigenvalue weighted by atomic mass is 9.98. The molecule has 2 aromatic heterocycles. The van der Waals surface area contributed by atoms with Gasteiger partial charge in [-0.2, -0.15) is 0 Å². The normalized spacial score (nSPS) is 11.0. The summed E-state index contributed by atoms with van der Waals surface area (Å²) in [6.07, 6.45) is 8.89. The van der Waals surface area contributed by atoms with Gasteiger partial charge in [0.2, 0.25) is 0 Å². The van der Waals surface area contributed by atoms with E-state index in [0.717, 1.165) is 60.0 Å². The zero-order valence-electron chi connectivity index (χ0n) is 16.4. The van der Waals surface area contributed by atoms with E-state index in [2.05, 4.69) is 9.97 Å². The highest BCUT2D eigenvalue weighted by Gasteiger charge is 2.10. The minimum atomic E-state index is 0.231. The van der Waals surface area contributed by atoms with Crippen LogP contribution in [0.1, 0.15) is 48.4 Å². The molecule has 4 nitrogen and oxygen atoms in total. The minimum Gasteiger partial charge on any atom is -0.439 e. The molecular formula is C25H24N2O2. The van der Waals surface area contributed by atoms with Crippen LogP contribution in [0, 0.1) is 0 Å². The Hall–Kier alpha value is -3.27. The molecule has 0 radical (unpaired) electrons. The van der Waals surface area contributed by atoms with Crippen LogP contribution in [0.3, 0.4) is 0 Å². The number of nitrogens with zero attached hydrogens (tertiary/aromatic N) is 2. The molecule has 2 heterocycles. The average Bonchev–Trinajstić information content (AvgIpc) is 3.25. The molecule has 4 aromatic rings. The maximum Gasteiger partial charge on any atom is 0.194 e. The number of oxazole rings is 1. The molecule has 0 spiro atoms. The maximum atomic E-state index is 12.6. The van der Waals surface area contributed by atoms with Gasteiger partial charge in [0, 0.05) is 24.6 Å². The summed E-state index contributed by atoms with van der Waals surface area (Å²) in [6, 6.07) is 19.7. The number of benzene rings is 2. The topological polar surface area (TPSA) is 56.0 Å². The van der Waals surface area contributed by atoms with E-state index < -0.39 is 0 Å². The summed E-state index contributed by atoms with van der Waals surface area (Å²) < 4.78 is 5.79. The summed E-state index contributed by atoms with van der Waals surface area (Å²) in [4.78, 5) is 21.2. The zero-order valence-corrected chi connectivity index (χ0v) is 16.4. The first-order valence-electron chi connectivity index (χ1n) is 10.2. The summed E-state index contributed by atoms with van der Waals surface area (Å²) in [7, 11) is 0. The number of aryl methyl sites for hydroxylation is 1. The summed E-state index contributed by atoms with van der Waals surface area (Å²) in [5.74, 6) is 1.69. The van der Waals surface area contributed by atoms with E-state index in [1.54, 1.807) is 12.4 Å². The van der Waals surface area contributed by atoms with Gasteiger partial charge >= 0.3 is 0 Å². The van der Waals surface area contributed by atoms with Crippen LogP contribution in [0.25, 0.3) is 22.2 Å². The second-order valence-corrected chi connectivity index (χ2v) is 7.20. The molecule has 0 aliphatic rings. The third kappa shape index (κ3) is 4.77. The van der Waals surface area contributed by atoms with Crippen molar-refractivity contribution in [3.63, 3.8) is 0 Å². The molecule has 0 amide bonds. The summed E-state index contributed by atoms with van der Waals surface area (Å²) in [6.45, 7) is 0. The third-order valence-corrected chi connectivity index (χ3v) is 5.11. The Morgan fingerprint density at radius 1 is 0.828 bits per heavy atom. The van der Waals surface area contributed by atoms with E-state index in [1.807, 2.05) is 60.7 Å². The van der Waals surface area contributed by atoms with E-state index in [1.165, 1.54) is 0 Å². The predicted molar refractivity (Wildman–Crippen MR) is 115 cm³/mol. The zero-order chi connectivity index (χ0) is 19.9. The standard InChI is InChI=1S/C25H24N2O2/c28-23(21-13-9-11-19-10-5-6-12-20(19)21)15-3-1-2-4-16-25-27-18-24(29-25)22-14-7-8-17-26-22/h5-14,17-18H,1-4,15-16H2. The van der Waals surface area contributed by atoms with Gasteiger partial charge in [0.05, 0.1) is 6.20 Å². The Labute approximate surface area is 170 Å². The molecule has 146 valence electrons. The number of unbranched alkanes of at least 4 members (excludes halogenated alkanes) is 3. The van der Waals surface area contributed by atoms with Gasteiger partial charge in [-0.25, -0.2) is 4.98 Å². The number of carbonyl (C=O) groups excluding carboxylic acids is 1. The number of rotatable bonds is 9. The van der Waals surface area contributed by atoms with E-state index in [9.17, 15) is 4.79 Å². The number of aromatic nitrogens is 2. The van der Waals surface area contributed by atoms with Crippen molar-refractivity contribution in [1.29, 1.82) is 0 Å². The molecule has 0 atom stereocenters. The van der Waals surface area contributed by atoms with Crippen molar-refractivity contribution in [3.05, 3.63) is 84.5 Å². The number of ketones is 1. The second kappa shape index (κ2) is 9.28. The largest absolute Gasteiger partial charge is 0.439 e. The highest BCUT2D eigenvalue weighted by molar-refractivity contribution is 6.08. The molecular weight excluding hydrogens is 360 g/mol. The summed E-state index contributed by atoms with van der Waals surface area (Å²) >= 11 is 0. The van der Waals surface area contributed by atoms with Crippen molar-refractivity contribution in [1.82, 2.24) is 9.97 Å². The van der Waals surface area contributed by atoms with Gasteiger partial charge in [0.15, 0.2) is 17.4 Å². The highest BCUT2D eigenvalue weighted by Crippen LogP contribution is 2.21. The molecule has 0 unspecified atom stereocenters. The molecule has 2 aromatic carbocycles. The molecule has 0 N–H and O–H groups in total. The fraction of sp³-hybridized carbons (Fsp3) is 0.240. The van der Waals surface area contributed by atoms with Gasteiger partial charge in [0.1, 0.15) is 5.69 Å². The fourth-order valence-corrected chi connectivity index (χ4v) is 3.57. The van der Waals surface area contributed by atoms with E-state index in [0.29, 0.717) is 12.2 Å². The van der Waals surface area contributed by atoms with Crippen LogP contribution in [0.2, 0.25) is 0 Å². The maximum absolute atomic E-state index is 12.6. The van der Waals surface area contributed by atoms with Gasteiger partial charge in [0.25, 0.3) is 0 Å². The van der Waals surface area contributed by atoms with Crippen LogP contribution in [0.4, 0.5) is 0 Å². The first kappa shape index (κ1) is 19.1. The van der Waals surface area contributed by atoms with E-state index in [-0.39, 0.29) is 5.78 Å². The molecule has 0 aliphatic heterocycles. The molecule has 0 bridgehead atoms. The van der Waals surface area contributed by atoms with Crippen LogP contribution in [-0.4, -0.2) is 15.8 Å². The van der Waals surface area contributed by atoms with E-state index >= 15 is 0 Å². The van der Waals surface area contributed by atoms with Crippen LogP contribution in [0.15, 0.2) is 77.5 Å². The van der Waals surface area contributed by atoms with E-state index in [4.69, 9.17) is 4.42 Å². The Balaban J connectivity index is 1.20. The Morgan fingerprint density at radius 3 is 2.55 bits per heavy atom. The molecule has 0 fully saturated rings. The van der Waals surface area contributed by atoms with Gasteiger partial charge in [-0.05, 0) is 35.7 Å². The first-order chi connectivity index (χ1) is 14.3. The lowest BCUT2D eigenvalue weighted by molar-refractivity contribution is 0.0980. The molecule has 0 saturated heterocycles. The van der Waals surface area contributed by atoms with Crippen LogP contribution >= 0.6 is 0 Å². The van der Waals surface area contributed by atoms with Gasteiger partial charge in [-0.3, -0.25) is 9.78 Å². The van der Waals surface area contributed by atoms with Crippen molar-refractivity contribution in [2.24, 2.45) is 0 Å². The lowest BCUT2D eigenvalue weighted by Crippen LogP contribution is -2.00. The van der Waals surface area contributed by atoms with Gasteiger partial charge < -0.3 is 4.42 Å². The number of Topliss-reactive ketones (excluding diaryl/α,β-unsaturated/α-hetero) is 1. The lowest BCUT2D eigenvalue weighted by Gasteiger charge is -2.06. The predicted octanol–water partition coefficient (Wildman–Crippen LogP) is 6.27. The number of hydrogen-bond donors (Lipinski definition) is 0. The molecule has 4 heteroatoms. The Bertz CT molecular complexity index is 1080. The van der Waals surface area contributed by atoms with Crippen LogP contribution in [0.5, 0.6) is 0 Å². The van der Waals surface area contributed by atoms with Crippen molar-refractivity contribution < 1.29 is 9.21 Å². The van der Waals surface area contributed by atoms with Crippen molar-refractivity contribution in [3.8, 4) is 11.5 Å². The quantitative estimate of drug-likeness (QED) is 0.252. The Kier molecular flexibility index (Phi) is 6.10. The molecule has 29 heavy (non-hydrogen) atoms. The SMILES string of the molecule is O=C(CCCCCCc1ncc(-c2ccccn2)o1)c1cccc2ccccc12. The van der Waals surface area contributed by atoms with Gasteiger partial charge in [-0.1, -0.05) is 61.4 Å². The number of carbonyl (C=O) groups is 1. The fourth-order valence-electron chi connectivity index (χ4n) is 3.57. The molecule has 0 saturated carbocycles. The van der Waals surface area contributed by atoms with Crippen molar-refractivity contribution in [2.45, 2.75) is 38.5 Å². The third-order valence-electron chi connectivity index (χ3n) is 5.11. The highest BCUT2D eigenvalue weighted by atomic mass is 16.4. The van der Waals surface area contributed by atoms with Gasteiger partial charge in [-0.15, -0.1) is 0 Å². The minimum absolute atomic E-state index is 0.231. The number of fused-ring (bicyclic) bond motifs is 1. The van der Waals surface area contributed by atoms with Crippen LogP contribution < -0.4 is 0 Å². The van der Waals surface area contributed by atoms with Crippen molar-refractivity contribution >= 4 is 16.6 Å². The van der Waals surface area contributed by atoms with Crippen LogP contribution in [-0.2, 0) is 6.42 Å². The molecule has 4 rings (SSSR count). The summed E-state index contributed by atoms with van der Waals surface area (Å²) in [5, 5.41) is 2.17. The number of hydrogen-bond acceptors (Lipinski definition) is 4. The second-order valence-electron chi connectivity index (χ2n) is 7.20. The first-order valence-corrected chi connectivity index (χ1v) is 10.2. The summed E-state index contributed by atoms with van der Waals surface area (Å²) in [5.41, 5.74) is 1.64. The Morgan fingerprint density at radius 2 is 1.66 bits per heavy atom. The average molecular weight is 384 g/mol. The molecule has 0 aliphatic carbocycles. The number of pyridine rings is 1.